The van der Waals surface area contributed by atoms with E-state index in [0.717, 1.165) is 29.8 Å². The molecule has 1 aliphatic heterocycles. The highest BCUT2D eigenvalue weighted by Crippen LogP contribution is 2.17. The standard InChI is InChI=1S/C9H13N3O2/c1-12-8(13)4-7(11-9(12)14)6-2-3-10-5-6/h4,6,10H,2-3,5H2,1H3,(H,11,14). The summed E-state index contributed by atoms with van der Waals surface area (Å²) in [5.74, 6) is 0.275. The highest BCUT2D eigenvalue weighted by molar-refractivity contribution is 5.09. The maximum Gasteiger partial charge on any atom is 0.328 e. The summed E-state index contributed by atoms with van der Waals surface area (Å²) in [7, 11) is 1.47. The van der Waals surface area contributed by atoms with Crippen LogP contribution in [0.25, 0.3) is 0 Å². The summed E-state index contributed by atoms with van der Waals surface area (Å²) in [4.78, 5) is 25.4. The summed E-state index contributed by atoms with van der Waals surface area (Å²) in [6.45, 7) is 1.78. The molecule has 0 amide bonds. The van der Waals surface area contributed by atoms with E-state index >= 15 is 0 Å². The molecule has 1 unspecified atom stereocenters. The summed E-state index contributed by atoms with van der Waals surface area (Å²) in [6.07, 6.45) is 0.975. The number of hydrogen-bond acceptors (Lipinski definition) is 3. The van der Waals surface area contributed by atoms with Crippen LogP contribution in [-0.2, 0) is 7.05 Å². The van der Waals surface area contributed by atoms with E-state index in [1.165, 1.54) is 13.1 Å². The normalized spacial score (nSPS) is 21.4. The minimum atomic E-state index is -0.334. The zero-order valence-electron chi connectivity index (χ0n) is 8.04. The third-order valence-electron chi connectivity index (χ3n) is 2.67. The monoisotopic (exact) mass is 195 g/mol. The molecule has 0 bridgehead atoms. The lowest BCUT2D eigenvalue weighted by Gasteiger charge is -2.07. The first-order valence-corrected chi connectivity index (χ1v) is 4.69. The smallest absolute Gasteiger partial charge is 0.316 e. The molecule has 1 aromatic rings. The van der Waals surface area contributed by atoms with E-state index in [1.807, 2.05) is 0 Å². The Kier molecular flexibility index (Phi) is 2.25. The van der Waals surface area contributed by atoms with Gasteiger partial charge in [0, 0.05) is 31.3 Å². The lowest BCUT2D eigenvalue weighted by atomic mass is 10.1. The maximum atomic E-state index is 11.3. The molecule has 2 heterocycles. The molecule has 2 rings (SSSR count). The molecule has 5 heteroatoms. The van der Waals surface area contributed by atoms with Crippen molar-refractivity contribution < 1.29 is 0 Å². The number of aromatic amines is 1. The van der Waals surface area contributed by atoms with Gasteiger partial charge < -0.3 is 10.3 Å². The van der Waals surface area contributed by atoms with Gasteiger partial charge in [0.25, 0.3) is 5.56 Å². The predicted molar refractivity (Wildman–Crippen MR) is 52.5 cm³/mol. The highest BCUT2D eigenvalue weighted by atomic mass is 16.2. The number of rotatable bonds is 1. The summed E-state index contributed by atoms with van der Waals surface area (Å²) < 4.78 is 1.08. The van der Waals surface area contributed by atoms with Gasteiger partial charge in [-0.05, 0) is 13.0 Å². The van der Waals surface area contributed by atoms with Crippen molar-refractivity contribution in [1.82, 2.24) is 14.9 Å². The van der Waals surface area contributed by atoms with E-state index in [-0.39, 0.29) is 17.2 Å². The first-order chi connectivity index (χ1) is 6.68. The molecule has 1 saturated heterocycles. The first-order valence-electron chi connectivity index (χ1n) is 4.69. The topological polar surface area (TPSA) is 66.9 Å². The zero-order chi connectivity index (χ0) is 10.1. The van der Waals surface area contributed by atoms with Gasteiger partial charge in [0.15, 0.2) is 0 Å². The molecule has 2 N–H and O–H groups in total. The minimum Gasteiger partial charge on any atom is -0.316 e. The Morgan fingerprint density at radius 3 is 2.86 bits per heavy atom. The Morgan fingerprint density at radius 1 is 1.50 bits per heavy atom. The number of aromatic nitrogens is 2. The van der Waals surface area contributed by atoms with Crippen LogP contribution in [0.4, 0.5) is 0 Å². The Labute approximate surface area is 80.8 Å². The molecular formula is C9H13N3O2. The maximum absolute atomic E-state index is 11.3. The Hall–Kier alpha value is -1.36. The van der Waals surface area contributed by atoms with E-state index < -0.39 is 0 Å². The van der Waals surface area contributed by atoms with Gasteiger partial charge in [-0.2, -0.15) is 0 Å². The molecule has 1 fully saturated rings. The quantitative estimate of drug-likeness (QED) is 0.613. The van der Waals surface area contributed by atoms with Crippen LogP contribution in [-0.4, -0.2) is 22.6 Å². The molecule has 1 atom stereocenters. The molecule has 0 saturated carbocycles. The largest absolute Gasteiger partial charge is 0.328 e. The summed E-state index contributed by atoms with van der Waals surface area (Å²) in [5, 5.41) is 3.19. The van der Waals surface area contributed by atoms with Gasteiger partial charge >= 0.3 is 5.69 Å². The number of nitrogens with one attached hydrogen (secondary N) is 2. The Bertz CT molecular complexity index is 409. The van der Waals surface area contributed by atoms with E-state index in [2.05, 4.69) is 10.3 Å². The van der Waals surface area contributed by atoms with Crippen molar-refractivity contribution in [3.63, 3.8) is 0 Å². The SMILES string of the molecule is Cn1c(=O)cc(C2CCNC2)[nH]c1=O. The van der Waals surface area contributed by atoms with Crippen molar-refractivity contribution in [2.24, 2.45) is 7.05 Å². The average Bonchev–Trinajstić information content (AvgIpc) is 2.66. The molecule has 76 valence electrons. The zero-order valence-corrected chi connectivity index (χ0v) is 8.04. The summed E-state index contributed by atoms with van der Waals surface area (Å²) in [6, 6.07) is 1.51. The van der Waals surface area contributed by atoms with Gasteiger partial charge in [0.2, 0.25) is 0 Å². The van der Waals surface area contributed by atoms with Crippen molar-refractivity contribution in [2.75, 3.05) is 13.1 Å². The van der Waals surface area contributed by atoms with Gasteiger partial charge in [0.1, 0.15) is 0 Å². The molecule has 1 aromatic heterocycles. The van der Waals surface area contributed by atoms with Crippen LogP contribution in [0.3, 0.4) is 0 Å². The average molecular weight is 195 g/mol. The third-order valence-corrected chi connectivity index (χ3v) is 2.67. The summed E-state index contributed by atoms with van der Waals surface area (Å²) >= 11 is 0. The van der Waals surface area contributed by atoms with Crippen molar-refractivity contribution in [3.8, 4) is 0 Å². The van der Waals surface area contributed by atoms with Crippen LogP contribution in [0.15, 0.2) is 15.7 Å². The molecule has 1 aliphatic rings. The molecule has 14 heavy (non-hydrogen) atoms. The van der Waals surface area contributed by atoms with Crippen molar-refractivity contribution >= 4 is 0 Å². The van der Waals surface area contributed by atoms with E-state index in [9.17, 15) is 9.59 Å². The lowest BCUT2D eigenvalue weighted by Crippen LogP contribution is -2.33. The second-order valence-electron chi connectivity index (χ2n) is 3.62. The van der Waals surface area contributed by atoms with Gasteiger partial charge in [0.05, 0.1) is 0 Å². The Balaban J connectivity index is 2.45. The summed E-state index contributed by atoms with van der Waals surface area (Å²) in [5.41, 5.74) is 0.179. The fraction of sp³-hybridized carbons (Fsp3) is 0.556. The molecule has 5 nitrogen and oxygen atoms in total. The van der Waals surface area contributed by atoms with Crippen LogP contribution in [0.2, 0.25) is 0 Å². The van der Waals surface area contributed by atoms with Gasteiger partial charge in [-0.3, -0.25) is 9.36 Å². The highest BCUT2D eigenvalue weighted by Gasteiger charge is 2.18. The second-order valence-corrected chi connectivity index (χ2v) is 3.62. The van der Waals surface area contributed by atoms with Crippen LogP contribution < -0.4 is 16.6 Å². The van der Waals surface area contributed by atoms with Crippen molar-refractivity contribution in [1.29, 1.82) is 0 Å². The van der Waals surface area contributed by atoms with Crippen LogP contribution in [0, 0.1) is 0 Å². The Morgan fingerprint density at radius 2 is 2.29 bits per heavy atom. The van der Waals surface area contributed by atoms with Crippen LogP contribution >= 0.6 is 0 Å². The minimum absolute atomic E-state index is 0.240. The number of hydrogen-bond donors (Lipinski definition) is 2. The fourth-order valence-corrected chi connectivity index (χ4v) is 1.71. The predicted octanol–water partition coefficient (Wildman–Crippen LogP) is -0.849. The molecule has 0 aliphatic carbocycles. The second kappa shape index (κ2) is 3.42. The number of H-pyrrole nitrogens is 1. The van der Waals surface area contributed by atoms with Gasteiger partial charge in [-0.1, -0.05) is 0 Å². The fourth-order valence-electron chi connectivity index (χ4n) is 1.71. The van der Waals surface area contributed by atoms with Gasteiger partial charge in [-0.25, -0.2) is 4.79 Å². The first kappa shape index (κ1) is 9.21. The molecule has 0 aromatic carbocycles. The van der Waals surface area contributed by atoms with E-state index in [4.69, 9.17) is 0 Å². The van der Waals surface area contributed by atoms with Crippen molar-refractivity contribution in [3.05, 3.63) is 32.6 Å². The molecule has 0 spiro atoms. The van der Waals surface area contributed by atoms with Crippen LogP contribution in [0.5, 0.6) is 0 Å². The third kappa shape index (κ3) is 1.50. The number of nitrogens with zero attached hydrogens (tertiary/aromatic N) is 1. The molecular weight excluding hydrogens is 182 g/mol. The van der Waals surface area contributed by atoms with Gasteiger partial charge in [-0.15, -0.1) is 0 Å². The van der Waals surface area contributed by atoms with Crippen molar-refractivity contribution in [2.45, 2.75) is 12.3 Å². The lowest BCUT2D eigenvalue weighted by molar-refractivity contribution is 0.686. The van der Waals surface area contributed by atoms with Crippen LogP contribution in [0.1, 0.15) is 18.0 Å². The molecule has 0 radical (unpaired) electrons. The van der Waals surface area contributed by atoms with E-state index in [0.29, 0.717) is 0 Å². The van der Waals surface area contributed by atoms with E-state index in [1.54, 1.807) is 0 Å².